The molecule has 1 aliphatic carbocycles. The molecule has 2 N–H and O–H groups in total. The molecule has 20 heavy (non-hydrogen) atoms. The molecule has 1 aromatic rings. The fourth-order valence-electron chi connectivity index (χ4n) is 3.18. The van der Waals surface area contributed by atoms with E-state index >= 15 is 0 Å². The van der Waals surface area contributed by atoms with E-state index in [1.54, 1.807) is 6.07 Å². The second-order valence-corrected chi connectivity index (χ2v) is 5.74. The van der Waals surface area contributed by atoms with Crippen molar-refractivity contribution in [3.8, 4) is 11.5 Å². The van der Waals surface area contributed by atoms with E-state index in [0.29, 0.717) is 6.54 Å². The topological polar surface area (TPSA) is 44.5 Å². The largest absolute Gasteiger partial charge is 0.493 e. The Bertz CT molecular complexity index is 487. The van der Waals surface area contributed by atoms with Crippen molar-refractivity contribution in [1.29, 1.82) is 0 Å². The van der Waals surface area contributed by atoms with Crippen LogP contribution in [0.2, 0.25) is 5.02 Å². The molecular formula is C15H21ClFNO2. The van der Waals surface area contributed by atoms with Crippen LogP contribution in [0.25, 0.3) is 0 Å². The molecule has 0 radical (unpaired) electrons. The normalized spacial score (nSPS) is 17.9. The van der Waals surface area contributed by atoms with Crippen molar-refractivity contribution in [3.63, 3.8) is 0 Å². The van der Waals surface area contributed by atoms with E-state index in [4.69, 9.17) is 26.8 Å². The predicted molar refractivity (Wildman–Crippen MR) is 78.3 cm³/mol. The van der Waals surface area contributed by atoms with E-state index in [1.807, 2.05) is 0 Å². The smallest absolute Gasteiger partial charge is 0.208 e. The van der Waals surface area contributed by atoms with Crippen molar-refractivity contribution in [3.05, 3.63) is 22.5 Å². The van der Waals surface area contributed by atoms with Gasteiger partial charge in [0.05, 0.1) is 19.2 Å². The van der Waals surface area contributed by atoms with Gasteiger partial charge in [-0.05, 0) is 18.9 Å². The third kappa shape index (κ3) is 2.47. The zero-order valence-electron chi connectivity index (χ0n) is 12.0. The first-order valence-corrected chi connectivity index (χ1v) is 7.28. The van der Waals surface area contributed by atoms with Gasteiger partial charge in [0.1, 0.15) is 0 Å². The SMILES string of the molecule is COc1c(Cl)cc(C2(CN)CCCCC2)c(OC)c1F. The lowest BCUT2D eigenvalue weighted by Gasteiger charge is -2.38. The van der Waals surface area contributed by atoms with Crippen LogP contribution in [-0.2, 0) is 5.41 Å². The average Bonchev–Trinajstić information content (AvgIpc) is 2.48. The molecule has 0 spiro atoms. The van der Waals surface area contributed by atoms with Crippen LogP contribution in [-0.4, -0.2) is 20.8 Å². The number of nitrogens with two attached hydrogens (primary N) is 1. The number of hydrogen-bond donors (Lipinski definition) is 1. The van der Waals surface area contributed by atoms with Gasteiger partial charge in [-0.1, -0.05) is 30.9 Å². The minimum Gasteiger partial charge on any atom is -0.493 e. The monoisotopic (exact) mass is 301 g/mol. The lowest BCUT2D eigenvalue weighted by molar-refractivity contribution is 0.279. The summed E-state index contributed by atoms with van der Waals surface area (Å²) >= 11 is 6.14. The maximum Gasteiger partial charge on any atom is 0.208 e. The van der Waals surface area contributed by atoms with Crippen molar-refractivity contribution in [2.24, 2.45) is 5.73 Å². The minimum absolute atomic E-state index is 0.0234. The number of ether oxygens (including phenoxy) is 2. The lowest BCUT2D eigenvalue weighted by atomic mass is 9.69. The van der Waals surface area contributed by atoms with E-state index < -0.39 is 5.82 Å². The van der Waals surface area contributed by atoms with Gasteiger partial charge >= 0.3 is 0 Å². The molecule has 1 aliphatic rings. The Hall–Kier alpha value is -1.00. The van der Waals surface area contributed by atoms with Gasteiger partial charge in [0.15, 0.2) is 11.5 Å². The Morgan fingerprint density at radius 3 is 2.30 bits per heavy atom. The molecule has 0 saturated heterocycles. The lowest BCUT2D eigenvalue weighted by Crippen LogP contribution is -2.37. The Labute approximate surface area is 124 Å². The van der Waals surface area contributed by atoms with Crippen molar-refractivity contribution in [2.45, 2.75) is 37.5 Å². The van der Waals surface area contributed by atoms with Crippen LogP contribution in [0.3, 0.4) is 0 Å². The number of halogens is 2. The zero-order chi connectivity index (χ0) is 14.8. The molecule has 0 aromatic heterocycles. The first-order valence-electron chi connectivity index (χ1n) is 6.90. The third-order valence-corrected chi connectivity index (χ3v) is 4.59. The maximum atomic E-state index is 14.5. The molecule has 1 fully saturated rings. The number of methoxy groups -OCH3 is 2. The molecule has 0 bridgehead atoms. The van der Waals surface area contributed by atoms with Crippen LogP contribution in [0.5, 0.6) is 11.5 Å². The van der Waals surface area contributed by atoms with Gasteiger partial charge in [-0.15, -0.1) is 0 Å². The highest BCUT2D eigenvalue weighted by molar-refractivity contribution is 6.32. The first-order chi connectivity index (χ1) is 9.59. The highest BCUT2D eigenvalue weighted by Gasteiger charge is 2.37. The summed E-state index contributed by atoms with van der Waals surface area (Å²) in [6, 6.07) is 1.75. The van der Waals surface area contributed by atoms with E-state index in [0.717, 1.165) is 31.2 Å². The average molecular weight is 302 g/mol. The van der Waals surface area contributed by atoms with Gasteiger partial charge in [-0.2, -0.15) is 4.39 Å². The molecule has 5 heteroatoms. The third-order valence-electron chi connectivity index (χ3n) is 4.31. The van der Waals surface area contributed by atoms with Crippen LogP contribution >= 0.6 is 11.6 Å². The summed E-state index contributed by atoms with van der Waals surface area (Å²) in [6.07, 6.45) is 5.23. The molecule has 0 atom stereocenters. The summed E-state index contributed by atoms with van der Waals surface area (Å²) in [5.41, 5.74) is 6.53. The van der Waals surface area contributed by atoms with Crippen LogP contribution in [0.4, 0.5) is 4.39 Å². The summed E-state index contributed by atoms with van der Waals surface area (Å²) in [5, 5.41) is 0.263. The predicted octanol–water partition coefficient (Wildman–Crippen LogP) is 3.66. The van der Waals surface area contributed by atoms with Gasteiger partial charge in [-0.3, -0.25) is 0 Å². The van der Waals surface area contributed by atoms with E-state index in [2.05, 4.69) is 0 Å². The van der Waals surface area contributed by atoms with Crippen molar-refractivity contribution in [1.82, 2.24) is 0 Å². The fraction of sp³-hybridized carbons (Fsp3) is 0.600. The molecule has 0 unspecified atom stereocenters. The Balaban J connectivity index is 2.60. The quantitative estimate of drug-likeness (QED) is 0.923. The van der Waals surface area contributed by atoms with Gasteiger partial charge in [0.25, 0.3) is 0 Å². The molecule has 3 nitrogen and oxygen atoms in total. The molecular weight excluding hydrogens is 281 g/mol. The molecule has 112 valence electrons. The van der Waals surface area contributed by atoms with Gasteiger partial charge in [-0.25, -0.2) is 0 Å². The van der Waals surface area contributed by atoms with Crippen LogP contribution in [0.1, 0.15) is 37.7 Å². The Kier molecular flexibility index (Phi) is 4.76. The number of hydrogen-bond acceptors (Lipinski definition) is 3. The number of benzene rings is 1. The second kappa shape index (κ2) is 6.19. The number of rotatable bonds is 4. The molecule has 1 aromatic carbocycles. The summed E-state index contributed by atoms with van der Waals surface area (Å²) in [4.78, 5) is 0. The summed E-state index contributed by atoms with van der Waals surface area (Å²) in [5.74, 6) is -0.315. The van der Waals surface area contributed by atoms with Crippen molar-refractivity contribution < 1.29 is 13.9 Å². The van der Waals surface area contributed by atoms with E-state index in [1.165, 1.54) is 20.6 Å². The van der Waals surface area contributed by atoms with Gasteiger partial charge in [0.2, 0.25) is 5.82 Å². The van der Waals surface area contributed by atoms with E-state index in [9.17, 15) is 4.39 Å². The Morgan fingerprint density at radius 2 is 1.80 bits per heavy atom. The first kappa shape index (κ1) is 15.4. The Morgan fingerprint density at radius 1 is 1.20 bits per heavy atom. The summed E-state index contributed by atoms with van der Waals surface area (Å²) in [6.45, 7) is 0.464. The van der Waals surface area contributed by atoms with Crippen molar-refractivity contribution >= 4 is 11.6 Å². The van der Waals surface area contributed by atoms with Crippen LogP contribution < -0.4 is 15.2 Å². The molecule has 2 rings (SSSR count). The standard InChI is InChI=1S/C15H21ClFNO2/c1-19-13-10(8-11(16)14(20-2)12(13)17)15(9-18)6-4-3-5-7-15/h8H,3-7,9,18H2,1-2H3. The van der Waals surface area contributed by atoms with Gasteiger partial charge < -0.3 is 15.2 Å². The highest BCUT2D eigenvalue weighted by atomic mass is 35.5. The highest BCUT2D eigenvalue weighted by Crippen LogP contribution is 2.47. The van der Waals surface area contributed by atoms with Crippen LogP contribution in [0, 0.1) is 5.82 Å². The van der Waals surface area contributed by atoms with Gasteiger partial charge in [0, 0.05) is 17.5 Å². The van der Waals surface area contributed by atoms with Crippen LogP contribution in [0.15, 0.2) is 6.07 Å². The zero-order valence-corrected chi connectivity index (χ0v) is 12.7. The molecule has 0 heterocycles. The maximum absolute atomic E-state index is 14.5. The minimum atomic E-state index is -0.545. The molecule has 1 saturated carbocycles. The fourth-order valence-corrected chi connectivity index (χ4v) is 3.45. The molecule has 0 aliphatic heterocycles. The molecule has 0 amide bonds. The van der Waals surface area contributed by atoms with Crippen molar-refractivity contribution in [2.75, 3.05) is 20.8 Å². The second-order valence-electron chi connectivity index (χ2n) is 5.33. The van der Waals surface area contributed by atoms with E-state index in [-0.39, 0.29) is 21.9 Å². The summed E-state index contributed by atoms with van der Waals surface area (Å²) < 4.78 is 24.8. The summed E-state index contributed by atoms with van der Waals surface area (Å²) in [7, 11) is 2.85.